The zero-order valence-corrected chi connectivity index (χ0v) is 7.25. The van der Waals surface area contributed by atoms with Crippen molar-refractivity contribution in [1.29, 1.82) is 0 Å². The van der Waals surface area contributed by atoms with Gasteiger partial charge in [0.1, 0.15) is 5.15 Å². The molecule has 0 saturated heterocycles. The van der Waals surface area contributed by atoms with Crippen LogP contribution in [-0.2, 0) is 0 Å². The average molecular weight is 210 g/mol. The van der Waals surface area contributed by atoms with Crippen molar-refractivity contribution in [3.63, 3.8) is 0 Å². The Hall–Kier alpha value is -1.00. The van der Waals surface area contributed by atoms with Crippen molar-refractivity contribution < 1.29 is 15.0 Å². The molecule has 0 amide bonds. The Morgan fingerprint density at radius 2 is 1.83 bits per heavy atom. The molecule has 0 spiro atoms. The minimum atomic E-state index is -1.83. The van der Waals surface area contributed by atoms with Crippen LogP contribution in [0, 0.1) is 0 Å². The molecule has 4 nitrogen and oxygen atoms in total. The lowest BCUT2D eigenvalue weighted by atomic mass is 10.5. The Balaban J connectivity index is 0.000000261. The summed E-state index contributed by atoms with van der Waals surface area (Å²) in [6, 6.07) is 3.33. The third-order valence-electron chi connectivity index (χ3n) is 0.691. The van der Waals surface area contributed by atoms with Crippen molar-refractivity contribution >= 4 is 29.4 Å². The Morgan fingerprint density at radius 1 is 1.33 bits per heavy atom. The molecule has 66 valence electrons. The largest absolute Gasteiger partial charge is 0.503 e. The standard InChI is InChI=1S/C5H3Cl2N.CH2O3/c6-4-1-2-5(7)8-3-4;2-1(3)4/h1-3H;(H2,2,3,4). The lowest BCUT2D eigenvalue weighted by Crippen LogP contribution is -1.81. The summed E-state index contributed by atoms with van der Waals surface area (Å²) < 4.78 is 0. The fraction of sp³-hybridized carbons (Fsp3) is 0. The highest BCUT2D eigenvalue weighted by atomic mass is 35.5. The van der Waals surface area contributed by atoms with E-state index < -0.39 is 6.16 Å². The van der Waals surface area contributed by atoms with E-state index in [4.69, 9.17) is 38.2 Å². The van der Waals surface area contributed by atoms with E-state index in [1.807, 2.05) is 0 Å². The van der Waals surface area contributed by atoms with Crippen LogP contribution in [-0.4, -0.2) is 21.4 Å². The number of nitrogens with zero attached hydrogens (tertiary/aromatic N) is 1. The van der Waals surface area contributed by atoms with Gasteiger partial charge in [0.15, 0.2) is 0 Å². The predicted octanol–water partition coefficient (Wildman–Crippen LogP) is 2.61. The summed E-state index contributed by atoms with van der Waals surface area (Å²) in [6.45, 7) is 0. The van der Waals surface area contributed by atoms with E-state index in [0.29, 0.717) is 10.2 Å². The maximum Gasteiger partial charge on any atom is 0.503 e. The van der Waals surface area contributed by atoms with E-state index in [1.54, 1.807) is 12.1 Å². The molecule has 0 radical (unpaired) electrons. The molecule has 0 bridgehead atoms. The molecular weight excluding hydrogens is 205 g/mol. The first-order valence-corrected chi connectivity index (χ1v) is 3.47. The van der Waals surface area contributed by atoms with Crippen LogP contribution in [0.4, 0.5) is 4.79 Å². The summed E-state index contributed by atoms with van der Waals surface area (Å²) in [5.41, 5.74) is 0. The van der Waals surface area contributed by atoms with Crippen LogP contribution >= 0.6 is 23.2 Å². The molecule has 2 N–H and O–H groups in total. The molecule has 1 heterocycles. The van der Waals surface area contributed by atoms with Crippen LogP contribution in [0.2, 0.25) is 10.2 Å². The zero-order chi connectivity index (χ0) is 9.56. The highest BCUT2D eigenvalue weighted by Gasteiger charge is 1.85. The van der Waals surface area contributed by atoms with Gasteiger partial charge >= 0.3 is 6.16 Å². The maximum atomic E-state index is 8.56. The molecule has 0 aliphatic rings. The molecule has 0 fully saturated rings. The Bertz CT molecular complexity index is 224. The number of hydrogen-bond acceptors (Lipinski definition) is 2. The number of hydrogen-bond donors (Lipinski definition) is 2. The molecule has 0 saturated carbocycles. The van der Waals surface area contributed by atoms with E-state index >= 15 is 0 Å². The first kappa shape index (κ1) is 11.0. The number of rotatable bonds is 0. The molecule has 0 aromatic carbocycles. The van der Waals surface area contributed by atoms with Crippen LogP contribution in [0.15, 0.2) is 18.3 Å². The van der Waals surface area contributed by atoms with Crippen molar-refractivity contribution in [3.8, 4) is 0 Å². The second-order valence-electron chi connectivity index (χ2n) is 1.58. The number of carbonyl (C=O) groups is 1. The van der Waals surface area contributed by atoms with Gasteiger partial charge in [-0.3, -0.25) is 0 Å². The van der Waals surface area contributed by atoms with Crippen LogP contribution < -0.4 is 0 Å². The highest BCUT2D eigenvalue weighted by Crippen LogP contribution is 2.08. The SMILES string of the molecule is Clc1ccc(Cl)nc1.O=C(O)O. The van der Waals surface area contributed by atoms with Gasteiger partial charge in [0, 0.05) is 6.20 Å². The number of aromatic nitrogens is 1. The van der Waals surface area contributed by atoms with Crippen molar-refractivity contribution in [2.45, 2.75) is 0 Å². The minimum Gasteiger partial charge on any atom is -0.450 e. The normalized spacial score (nSPS) is 8.17. The molecule has 1 rings (SSSR count). The molecule has 0 aliphatic carbocycles. The summed E-state index contributed by atoms with van der Waals surface area (Å²) in [5, 5.41) is 15.0. The highest BCUT2D eigenvalue weighted by molar-refractivity contribution is 6.31. The summed E-state index contributed by atoms with van der Waals surface area (Å²) >= 11 is 10.9. The summed E-state index contributed by atoms with van der Waals surface area (Å²) in [5.74, 6) is 0. The topological polar surface area (TPSA) is 70.4 Å². The molecular formula is C6H5Cl2NO3. The number of halogens is 2. The molecule has 0 unspecified atom stereocenters. The number of carboxylic acid groups (broad SMARTS) is 2. The lowest BCUT2D eigenvalue weighted by Gasteiger charge is -1.85. The van der Waals surface area contributed by atoms with Crippen molar-refractivity contribution in [3.05, 3.63) is 28.5 Å². The molecule has 0 aliphatic heterocycles. The fourth-order valence-corrected chi connectivity index (χ4v) is 0.581. The van der Waals surface area contributed by atoms with Crippen LogP contribution in [0.1, 0.15) is 0 Å². The molecule has 12 heavy (non-hydrogen) atoms. The Morgan fingerprint density at radius 3 is 2.08 bits per heavy atom. The maximum absolute atomic E-state index is 8.56. The summed E-state index contributed by atoms with van der Waals surface area (Å²) in [7, 11) is 0. The van der Waals surface area contributed by atoms with E-state index in [2.05, 4.69) is 4.98 Å². The van der Waals surface area contributed by atoms with Gasteiger partial charge in [-0.15, -0.1) is 0 Å². The van der Waals surface area contributed by atoms with Gasteiger partial charge in [0.2, 0.25) is 0 Å². The van der Waals surface area contributed by atoms with Crippen LogP contribution in [0.25, 0.3) is 0 Å². The second-order valence-corrected chi connectivity index (χ2v) is 2.41. The van der Waals surface area contributed by atoms with Crippen molar-refractivity contribution in [1.82, 2.24) is 4.98 Å². The summed E-state index contributed by atoms with van der Waals surface area (Å²) in [4.78, 5) is 12.3. The van der Waals surface area contributed by atoms with Gasteiger partial charge in [-0.2, -0.15) is 0 Å². The average Bonchev–Trinajstić information content (AvgIpc) is 1.94. The Kier molecular flexibility index (Phi) is 5.16. The predicted molar refractivity (Wildman–Crippen MR) is 44.9 cm³/mol. The van der Waals surface area contributed by atoms with E-state index in [1.165, 1.54) is 6.20 Å². The van der Waals surface area contributed by atoms with Crippen molar-refractivity contribution in [2.24, 2.45) is 0 Å². The third kappa shape index (κ3) is 7.11. The van der Waals surface area contributed by atoms with Crippen LogP contribution in [0.3, 0.4) is 0 Å². The minimum absolute atomic E-state index is 0.467. The van der Waals surface area contributed by atoms with E-state index in [9.17, 15) is 0 Å². The first-order chi connectivity index (χ1) is 5.52. The Labute approximate surface area is 78.4 Å². The van der Waals surface area contributed by atoms with Gasteiger partial charge in [0.25, 0.3) is 0 Å². The number of pyridine rings is 1. The molecule has 6 heteroatoms. The fourth-order valence-electron chi connectivity index (χ4n) is 0.358. The first-order valence-electron chi connectivity index (χ1n) is 2.71. The third-order valence-corrected chi connectivity index (χ3v) is 1.14. The van der Waals surface area contributed by atoms with Gasteiger partial charge in [-0.05, 0) is 12.1 Å². The van der Waals surface area contributed by atoms with Gasteiger partial charge in [-0.25, -0.2) is 9.78 Å². The lowest BCUT2D eigenvalue weighted by molar-refractivity contribution is 0.137. The molecule has 1 aromatic rings. The monoisotopic (exact) mass is 209 g/mol. The second kappa shape index (κ2) is 5.62. The van der Waals surface area contributed by atoms with Gasteiger partial charge in [0.05, 0.1) is 5.02 Å². The van der Waals surface area contributed by atoms with Gasteiger partial charge < -0.3 is 10.2 Å². The van der Waals surface area contributed by atoms with E-state index in [-0.39, 0.29) is 0 Å². The molecule has 1 aromatic heterocycles. The van der Waals surface area contributed by atoms with Crippen LogP contribution in [0.5, 0.6) is 0 Å². The van der Waals surface area contributed by atoms with Crippen molar-refractivity contribution in [2.75, 3.05) is 0 Å². The van der Waals surface area contributed by atoms with E-state index in [0.717, 1.165) is 0 Å². The summed E-state index contributed by atoms with van der Waals surface area (Å²) in [6.07, 6.45) is -0.329. The van der Waals surface area contributed by atoms with Gasteiger partial charge in [-0.1, -0.05) is 23.2 Å². The quantitative estimate of drug-likeness (QED) is 0.645. The zero-order valence-electron chi connectivity index (χ0n) is 5.74. The smallest absolute Gasteiger partial charge is 0.450 e. The molecule has 0 atom stereocenters.